The number of hydrogen-bond acceptors (Lipinski definition) is 2. The van der Waals surface area contributed by atoms with E-state index < -0.39 is 9.84 Å². The maximum atomic E-state index is 12.6. The highest BCUT2D eigenvalue weighted by molar-refractivity contribution is 7.95. The number of allylic oxidation sites excluding steroid dienone is 2. The molecule has 2 nitrogen and oxygen atoms in total. The molecule has 0 unspecified atom stereocenters. The normalized spacial score (nSPS) is 20.6. The van der Waals surface area contributed by atoms with Crippen LogP contribution in [0.15, 0.2) is 40.1 Å². The maximum absolute atomic E-state index is 12.6. The highest BCUT2D eigenvalue weighted by atomic mass is 32.2. The first-order valence-electron chi connectivity index (χ1n) is 7.22. The van der Waals surface area contributed by atoms with Gasteiger partial charge in [0.15, 0.2) is 0 Å². The Labute approximate surface area is 122 Å². The fourth-order valence-electron chi connectivity index (χ4n) is 2.71. The van der Waals surface area contributed by atoms with Crippen LogP contribution in [0.2, 0.25) is 0 Å². The number of hydrogen-bond donors (Lipinski definition) is 0. The Morgan fingerprint density at radius 1 is 1.10 bits per heavy atom. The summed E-state index contributed by atoms with van der Waals surface area (Å²) in [6.45, 7) is 8.64. The third kappa shape index (κ3) is 3.14. The van der Waals surface area contributed by atoms with E-state index in [1.54, 1.807) is 12.1 Å². The van der Waals surface area contributed by atoms with Gasteiger partial charge in [0.25, 0.3) is 0 Å². The molecule has 0 fully saturated rings. The SMILES string of the molecule is Cc1ccc(S(=O)(=O)C2=CC[C@H](C(C)(C)C)CC2)cc1. The summed E-state index contributed by atoms with van der Waals surface area (Å²) in [6.07, 6.45) is 4.43. The first kappa shape index (κ1) is 15.3. The molecule has 1 aromatic rings. The lowest BCUT2D eigenvalue weighted by Crippen LogP contribution is -2.23. The summed E-state index contributed by atoms with van der Waals surface area (Å²) in [5.41, 5.74) is 1.32. The first-order valence-corrected chi connectivity index (χ1v) is 8.70. The van der Waals surface area contributed by atoms with Gasteiger partial charge in [-0.3, -0.25) is 0 Å². The van der Waals surface area contributed by atoms with E-state index in [1.165, 1.54) is 0 Å². The van der Waals surface area contributed by atoms with E-state index in [2.05, 4.69) is 20.8 Å². The van der Waals surface area contributed by atoms with Gasteiger partial charge in [0.05, 0.1) is 4.90 Å². The fraction of sp³-hybridized carbons (Fsp3) is 0.529. The zero-order valence-electron chi connectivity index (χ0n) is 12.8. The van der Waals surface area contributed by atoms with Gasteiger partial charge in [-0.05, 0) is 49.7 Å². The van der Waals surface area contributed by atoms with Gasteiger partial charge in [-0.2, -0.15) is 0 Å². The standard InChI is InChI=1S/C17H24O2S/c1-13-5-9-15(10-6-13)20(18,19)16-11-7-14(8-12-16)17(2,3)4/h5-6,9-11,14H,7-8,12H2,1-4H3/t14-/m0/s1. The molecule has 1 atom stereocenters. The van der Waals surface area contributed by atoms with E-state index in [-0.39, 0.29) is 5.41 Å². The van der Waals surface area contributed by atoms with Crippen LogP contribution in [0.3, 0.4) is 0 Å². The van der Waals surface area contributed by atoms with Crippen molar-refractivity contribution in [3.8, 4) is 0 Å². The zero-order valence-corrected chi connectivity index (χ0v) is 13.6. The van der Waals surface area contributed by atoms with Crippen LogP contribution in [0.5, 0.6) is 0 Å². The van der Waals surface area contributed by atoms with Gasteiger partial charge < -0.3 is 0 Å². The molecule has 3 heteroatoms. The summed E-state index contributed by atoms with van der Waals surface area (Å²) in [4.78, 5) is 1.02. The second-order valence-electron chi connectivity index (χ2n) is 6.82. The fourth-order valence-corrected chi connectivity index (χ4v) is 4.21. The van der Waals surface area contributed by atoms with Gasteiger partial charge in [0.1, 0.15) is 0 Å². The Morgan fingerprint density at radius 2 is 1.70 bits per heavy atom. The number of rotatable bonds is 2. The largest absolute Gasteiger partial charge is 0.219 e. The van der Waals surface area contributed by atoms with Gasteiger partial charge >= 0.3 is 0 Å². The molecule has 0 aliphatic heterocycles. The molecule has 0 N–H and O–H groups in total. The lowest BCUT2D eigenvalue weighted by atomic mass is 9.74. The molecule has 2 rings (SSSR count). The smallest absolute Gasteiger partial charge is 0.202 e. The summed E-state index contributed by atoms with van der Waals surface area (Å²) in [6, 6.07) is 7.13. The van der Waals surface area contributed by atoms with E-state index in [0.29, 0.717) is 22.1 Å². The molecule has 0 aromatic heterocycles. The molecule has 0 bridgehead atoms. The minimum atomic E-state index is -3.29. The van der Waals surface area contributed by atoms with Crippen molar-refractivity contribution in [1.82, 2.24) is 0 Å². The van der Waals surface area contributed by atoms with Gasteiger partial charge in [-0.15, -0.1) is 0 Å². The van der Waals surface area contributed by atoms with Gasteiger partial charge in [0.2, 0.25) is 9.84 Å². The van der Waals surface area contributed by atoms with Gasteiger partial charge in [-0.25, -0.2) is 8.42 Å². The van der Waals surface area contributed by atoms with Gasteiger partial charge in [-0.1, -0.05) is 44.5 Å². The molecule has 0 saturated carbocycles. The average molecular weight is 292 g/mol. The van der Waals surface area contributed by atoms with Crippen LogP contribution in [0.25, 0.3) is 0 Å². The molecule has 20 heavy (non-hydrogen) atoms. The average Bonchev–Trinajstić information content (AvgIpc) is 2.38. The maximum Gasteiger partial charge on any atom is 0.202 e. The molecular formula is C17H24O2S. The Hall–Kier alpha value is -1.09. The summed E-state index contributed by atoms with van der Waals surface area (Å²) < 4.78 is 25.2. The molecule has 1 aromatic carbocycles. The topological polar surface area (TPSA) is 34.1 Å². The van der Waals surface area contributed by atoms with Crippen molar-refractivity contribution in [1.29, 1.82) is 0 Å². The third-order valence-corrected chi connectivity index (χ3v) is 6.22. The molecule has 1 aliphatic carbocycles. The lowest BCUT2D eigenvalue weighted by Gasteiger charge is -2.33. The molecule has 0 saturated heterocycles. The van der Waals surface area contributed by atoms with Gasteiger partial charge in [0, 0.05) is 4.91 Å². The number of benzene rings is 1. The predicted molar refractivity (Wildman–Crippen MR) is 83.2 cm³/mol. The Bertz CT molecular complexity index is 601. The van der Waals surface area contributed by atoms with Crippen LogP contribution < -0.4 is 0 Å². The Morgan fingerprint density at radius 3 is 2.15 bits per heavy atom. The minimum absolute atomic E-state index is 0.246. The van der Waals surface area contributed by atoms with E-state index in [9.17, 15) is 8.42 Å². The highest BCUT2D eigenvalue weighted by Gasteiger charge is 2.30. The van der Waals surface area contributed by atoms with Crippen molar-refractivity contribution in [2.75, 3.05) is 0 Å². The Balaban J connectivity index is 2.24. The second-order valence-corrected chi connectivity index (χ2v) is 8.83. The molecule has 0 spiro atoms. The van der Waals surface area contributed by atoms with Crippen LogP contribution in [0, 0.1) is 18.3 Å². The van der Waals surface area contributed by atoms with Crippen molar-refractivity contribution in [3.05, 3.63) is 40.8 Å². The van der Waals surface area contributed by atoms with Crippen molar-refractivity contribution in [3.63, 3.8) is 0 Å². The summed E-state index contributed by atoms with van der Waals surface area (Å²) in [5, 5.41) is 0. The van der Waals surface area contributed by atoms with Crippen LogP contribution in [0.4, 0.5) is 0 Å². The van der Waals surface area contributed by atoms with Crippen LogP contribution in [-0.2, 0) is 9.84 Å². The second kappa shape index (κ2) is 5.36. The van der Waals surface area contributed by atoms with Crippen LogP contribution in [-0.4, -0.2) is 8.42 Å². The zero-order chi connectivity index (χ0) is 15.0. The van der Waals surface area contributed by atoms with Crippen LogP contribution in [0.1, 0.15) is 45.6 Å². The molecule has 1 aliphatic rings. The van der Waals surface area contributed by atoms with Crippen molar-refractivity contribution >= 4 is 9.84 Å². The van der Waals surface area contributed by atoms with Crippen molar-refractivity contribution in [2.45, 2.75) is 51.9 Å². The molecule has 110 valence electrons. The molecule has 0 heterocycles. The van der Waals surface area contributed by atoms with E-state index in [1.807, 2.05) is 25.1 Å². The number of sulfone groups is 1. The van der Waals surface area contributed by atoms with E-state index in [4.69, 9.17) is 0 Å². The van der Waals surface area contributed by atoms with Crippen molar-refractivity contribution in [2.24, 2.45) is 11.3 Å². The van der Waals surface area contributed by atoms with E-state index >= 15 is 0 Å². The monoisotopic (exact) mass is 292 g/mol. The molecular weight excluding hydrogens is 268 g/mol. The minimum Gasteiger partial charge on any atom is -0.219 e. The first-order chi connectivity index (χ1) is 9.21. The molecule has 0 amide bonds. The summed E-state index contributed by atoms with van der Waals surface area (Å²) in [7, 11) is -3.29. The summed E-state index contributed by atoms with van der Waals surface area (Å²) >= 11 is 0. The predicted octanol–water partition coefficient (Wildman–Crippen LogP) is 4.50. The van der Waals surface area contributed by atoms with Crippen molar-refractivity contribution < 1.29 is 8.42 Å². The Kier molecular flexibility index (Phi) is 4.10. The lowest BCUT2D eigenvalue weighted by molar-refractivity contribution is 0.222. The highest BCUT2D eigenvalue weighted by Crippen LogP contribution is 2.39. The quantitative estimate of drug-likeness (QED) is 0.804. The number of aryl methyl sites for hydroxylation is 1. The summed E-state index contributed by atoms with van der Waals surface area (Å²) in [5.74, 6) is 0.569. The van der Waals surface area contributed by atoms with Crippen LogP contribution >= 0.6 is 0 Å². The van der Waals surface area contributed by atoms with E-state index in [0.717, 1.165) is 18.4 Å². The molecule has 0 radical (unpaired) electrons. The third-order valence-electron chi connectivity index (χ3n) is 4.27.